The van der Waals surface area contributed by atoms with Crippen LogP contribution in [0.3, 0.4) is 0 Å². The second kappa shape index (κ2) is 4.40. The van der Waals surface area contributed by atoms with Gasteiger partial charge in [0.15, 0.2) is 0 Å². The first kappa shape index (κ1) is 11.7. The molecule has 2 aromatic rings. The molecule has 18 heavy (non-hydrogen) atoms. The number of hydrogen-bond donors (Lipinski definition) is 1. The van der Waals surface area contributed by atoms with Crippen LogP contribution in [0.2, 0.25) is 0 Å². The lowest BCUT2D eigenvalue weighted by molar-refractivity contribution is 0.145. The van der Waals surface area contributed by atoms with Crippen LogP contribution in [-0.4, -0.2) is 6.54 Å². The van der Waals surface area contributed by atoms with Gasteiger partial charge in [0.1, 0.15) is 0 Å². The fourth-order valence-electron chi connectivity index (χ4n) is 3.09. The minimum atomic E-state index is 0.401. The van der Waals surface area contributed by atoms with Crippen molar-refractivity contribution in [2.45, 2.75) is 32.6 Å². The average molecular weight is 239 g/mol. The number of nitrogens with two attached hydrogens (primary N) is 1. The van der Waals surface area contributed by atoms with Crippen molar-refractivity contribution >= 4 is 10.8 Å². The van der Waals surface area contributed by atoms with E-state index in [-0.39, 0.29) is 0 Å². The summed E-state index contributed by atoms with van der Waals surface area (Å²) in [5, 5.41) is 2.69. The van der Waals surface area contributed by atoms with Crippen LogP contribution in [0, 0.1) is 12.3 Å². The summed E-state index contributed by atoms with van der Waals surface area (Å²) in [7, 11) is 0. The number of aryl methyl sites for hydroxylation is 1. The Morgan fingerprint density at radius 2 is 1.78 bits per heavy atom. The molecule has 2 aromatic carbocycles. The summed E-state index contributed by atoms with van der Waals surface area (Å²) < 4.78 is 0. The topological polar surface area (TPSA) is 26.0 Å². The van der Waals surface area contributed by atoms with Gasteiger partial charge >= 0.3 is 0 Å². The minimum Gasteiger partial charge on any atom is -0.330 e. The fraction of sp³-hybridized carbons (Fsp3) is 0.412. The van der Waals surface area contributed by atoms with Crippen molar-refractivity contribution in [3.8, 4) is 0 Å². The SMILES string of the molecule is Cc1ccc2cc(CC3(CN)CCC3)ccc2c1. The van der Waals surface area contributed by atoms with Crippen molar-refractivity contribution in [2.75, 3.05) is 6.54 Å². The predicted octanol–water partition coefficient (Wildman–Crippen LogP) is 3.82. The van der Waals surface area contributed by atoms with E-state index in [0.717, 1.165) is 13.0 Å². The van der Waals surface area contributed by atoms with Gasteiger partial charge in [-0.05, 0) is 54.5 Å². The van der Waals surface area contributed by atoms with Crippen LogP contribution >= 0.6 is 0 Å². The quantitative estimate of drug-likeness (QED) is 0.865. The van der Waals surface area contributed by atoms with Crippen LogP contribution in [0.15, 0.2) is 36.4 Å². The van der Waals surface area contributed by atoms with Crippen molar-refractivity contribution in [2.24, 2.45) is 11.1 Å². The second-order valence-corrected chi connectivity index (χ2v) is 5.92. The van der Waals surface area contributed by atoms with E-state index in [9.17, 15) is 0 Å². The monoisotopic (exact) mass is 239 g/mol. The van der Waals surface area contributed by atoms with Crippen molar-refractivity contribution in [3.63, 3.8) is 0 Å². The van der Waals surface area contributed by atoms with Crippen molar-refractivity contribution in [3.05, 3.63) is 47.5 Å². The molecule has 0 aliphatic heterocycles. The van der Waals surface area contributed by atoms with Gasteiger partial charge in [-0.25, -0.2) is 0 Å². The third-order valence-electron chi connectivity index (χ3n) is 4.49. The first-order valence-electron chi connectivity index (χ1n) is 6.90. The highest BCUT2D eigenvalue weighted by Gasteiger charge is 2.35. The van der Waals surface area contributed by atoms with Gasteiger partial charge in [0.05, 0.1) is 0 Å². The predicted molar refractivity (Wildman–Crippen MR) is 77.7 cm³/mol. The molecule has 94 valence electrons. The van der Waals surface area contributed by atoms with E-state index >= 15 is 0 Å². The molecular weight excluding hydrogens is 218 g/mol. The highest BCUT2D eigenvalue weighted by atomic mass is 14.6. The molecule has 1 heteroatoms. The molecule has 1 nitrogen and oxygen atoms in total. The highest BCUT2D eigenvalue weighted by molar-refractivity contribution is 5.83. The summed E-state index contributed by atoms with van der Waals surface area (Å²) in [6, 6.07) is 13.5. The molecule has 2 N–H and O–H groups in total. The van der Waals surface area contributed by atoms with Gasteiger partial charge in [0.25, 0.3) is 0 Å². The molecule has 3 rings (SSSR count). The summed E-state index contributed by atoms with van der Waals surface area (Å²) >= 11 is 0. The smallest absolute Gasteiger partial charge is 0.00173 e. The summed E-state index contributed by atoms with van der Waals surface area (Å²) in [6.07, 6.45) is 5.10. The van der Waals surface area contributed by atoms with Gasteiger partial charge in [0, 0.05) is 0 Å². The van der Waals surface area contributed by atoms with Crippen molar-refractivity contribution in [1.29, 1.82) is 0 Å². The van der Waals surface area contributed by atoms with Crippen LogP contribution in [-0.2, 0) is 6.42 Å². The van der Waals surface area contributed by atoms with Gasteiger partial charge in [0.2, 0.25) is 0 Å². The summed E-state index contributed by atoms with van der Waals surface area (Å²) in [6.45, 7) is 2.98. The zero-order valence-electron chi connectivity index (χ0n) is 11.1. The highest BCUT2D eigenvalue weighted by Crippen LogP contribution is 2.42. The molecule has 0 unspecified atom stereocenters. The van der Waals surface area contributed by atoms with E-state index in [1.165, 1.54) is 41.2 Å². The molecule has 1 aliphatic rings. The Balaban J connectivity index is 1.91. The summed E-state index contributed by atoms with van der Waals surface area (Å²) in [5.74, 6) is 0. The third-order valence-corrected chi connectivity index (χ3v) is 4.49. The van der Waals surface area contributed by atoms with Crippen LogP contribution < -0.4 is 5.73 Å². The second-order valence-electron chi connectivity index (χ2n) is 5.92. The van der Waals surface area contributed by atoms with E-state index < -0.39 is 0 Å². The number of benzene rings is 2. The molecule has 1 fully saturated rings. The molecule has 1 saturated carbocycles. The van der Waals surface area contributed by atoms with E-state index in [1.807, 2.05) is 0 Å². The van der Waals surface area contributed by atoms with Crippen molar-refractivity contribution < 1.29 is 0 Å². The number of hydrogen-bond acceptors (Lipinski definition) is 1. The Kier molecular flexibility index (Phi) is 2.87. The Labute approximate surface area is 109 Å². The lowest BCUT2D eigenvalue weighted by Gasteiger charge is -2.41. The van der Waals surface area contributed by atoms with Crippen molar-refractivity contribution in [1.82, 2.24) is 0 Å². The third kappa shape index (κ3) is 2.04. The zero-order valence-corrected chi connectivity index (χ0v) is 11.1. The largest absolute Gasteiger partial charge is 0.330 e. The first-order valence-corrected chi connectivity index (χ1v) is 6.90. The lowest BCUT2D eigenvalue weighted by Crippen LogP contribution is -2.39. The maximum Gasteiger partial charge on any atom is -0.00173 e. The van der Waals surface area contributed by atoms with Crippen LogP contribution in [0.1, 0.15) is 30.4 Å². The van der Waals surface area contributed by atoms with Gasteiger partial charge in [-0.1, -0.05) is 48.4 Å². The molecule has 0 bridgehead atoms. The Bertz CT molecular complexity index is 561. The molecule has 0 saturated heterocycles. The van der Waals surface area contributed by atoms with E-state index in [0.29, 0.717) is 5.41 Å². The molecule has 0 radical (unpaired) electrons. The normalized spacial score (nSPS) is 17.7. The van der Waals surface area contributed by atoms with E-state index in [1.54, 1.807) is 0 Å². The average Bonchev–Trinajstić information content (AvgIpc) is 2.34. The van der Waals surface area contributed by atoms with E-state index in [2.05, 4.69) is 43.3 Å². The van der Waals surface area contributed by atoms with Gasteiger partial charge in [-0.15, -0.1) is 0 Å². The molecule has 0 heterocycles. The maximum absolute atomic E-state index is 5.95. The summed E-state index contributed by atoms with van der Waals surface area (Å²) in [5.41, 5.74) is 9.12. The van der Waals surface area contributed by atoms with Crippen LogP contribution in [0.5, 0.6) is 0 Å². The molecule has 0 amide bonds. The van der Waals surface area contributed by atoms with Crippen LogP contribution in [0.25, 0.3) is 10.8 Å². The minimum absolute atomic E-state index is 0.401. The van der Waals surface area contributed by atoms with E-state index in [4.69, 9.17) is 5.73 Å². The maximum atomic E-state index is 5.95. The molecule has 0 atom stereocenters. The fourth-order valence-corrected chi connectivity index (χ4v) is 3.09. The Hall–Kier alpha value is -1.34. The van der Waals surface area contributed by atoms with Gasteiger partial charge in [-0.3, -0.25) is 0 Å². The standard InChI is InChI=1S/C17H21N/c1-13-3-5-16-10-14(4-6-15(16)9-13)11-17(12-18)7-2-8-17/h3-6,9-10H,2,7-8,11-12,18H2,1H3. The number of rotatable bonds is 3. The molecule has 1 aliphatic carbocycles. The summed E-state index contributed by atoms with van der Waals surface area (Å²) in [4.78, 5) is 0. The molecule has 0 spiro atoms. The number of fused-ring (bicyclic) bond motifs is 1. The van der Waals surface area contributed by atoms with Crippen LogP contribution in [0.4, 0.5) is 0 Å². The molecular formula is C17H21N. The Morgan fingerprint density at radius 1 is 1.06 bits per heavy atom. The molecule has 0 aromatic heterocycles. The zero-order chi connectivity index (χ0) is 12.6. The first-order chi connectivity index (χ1) is 8.71. The Morgan fingerprint density at radius 3 is 2.44 bits per heavy atom. The lowest BCUT2D eigenvalue weighted by atomic mass is 9.65. The van der Waals surface area contributed by atoms with Gasteiger partial charge in [-0.2, -0.15) is 0 Å². The van der Waals surface area contributed by atoms with Gasteiger partial charge < -0.3 is 5.73 Å².